The molecular formula is C23H27Cl3N2O2S. The van der Waals surface area contributed by atoms with Crippen molar-refractivity contribution < 1.29 is 9.59 Å². The molecule has 2 amide bonds. The van der Waals surface area contributed by atoms with Crippen LogP contribution in [-0.4, -0.2) is 34.6 Å². The fourth-order valence-corrected chi connectivity index (χ4v) is 4.52. The summed E-state index contributed by atoms with van der Waals surface area (Å²) in [6.07, 6.45) is 0.497. The third-order valence-electron chi connectivity index (χ3n) is 4.58. The number of carbonyl (C=O) groups is 2. The highest BCUT2D eigenvalue weighted by Gasteiger charge is 2.29. The molecule has 8 heteroatoms. The Bertz CT molecular complexity index is 891. The zero-order valence-electron chi connectivity index (χ0n) is 17.8. The molecule has 0 saturated carbocycles. The third-order valence-corrected chi connectivity index (χ3v) is 6.41. The minimum Gasteiger partial charge on any atom is -0.352 e. The summed E-state index contributed by atoms with van der Waals surface area (Å²) in [6, 6.07) is 12.1. The monoisotopic (exact) mass is 500 g/mol. The third kappa shape index (κ3) is 8.23. The molecule has 0 aromatic heterocycles. The van der Waals surface area contributed by atoms with Gasteiger partial charge in [0.2, 0.25) is 11.8 Å². The van der Waals surface area contributed by atoms with Crippen molar-refractivity contribution in [1.29, 1.82) is 0 Å². The summed E-state index contributed by atoms with van der Waals surface area (Å²) in [7, 11) is 0. The lowest BCUT2D eigenvalue weighted by Crippen LogP contribution is -2.51. The molecule has 0 saturated heterocycles. The molecule has 0 aliphatic heterocycles. The number of halogens is 3. The molecule has 0 fully saturated rings. The molecule has 2 aromatic rings. The Morgan fingerprint density at radius 3 is 2.26 bits per heavy atom. The number of carbonyl (C=O) groups excluding carboxylic acids is 2. The van der Waals surface area contributed by atoms with E-state index in [4.69, 9.17) is 34.8 Å². The number of rotatable bonds is 10. The van der Waals surface area contributed by atoms with Crippen LogP contribution in [0.15, 0.2) is 42.5 Å². The molecule has 1 atom stereocenters. The SMILES string of the molecule is CC[C@@H](C(=O)NC(C)C)N(Cc1ccc(Cl)cc1Cl)C(=O)CSCc1ccc(Cl)cc1. The number of hydrogen-bond donors (Lipinski definition) is 1. The number of benzene rings is 2. The van der Waals surface area contributed by atoms with Gasteiger partial charge in [-0.25, -0.2) is 0 Å². The Balaban J connectivity index is 2.16. The summed E-state index contributed by atoms with van der Waals surface area (Å²) in [5.41, 5.74) is 1.83. The second-order valence-corrected chi connectivity index (χ2v) is 9.73. The Morgan fingerprint density at radius 2 is 1.68 bits per heavy atom. The Kier molecular flexibility index (Phi) is 10.5. The number of amides is 2. The van der Waals surface area contributed by atoms with Crippen molar-refractivity contribution in [3.63, 3.8) is 0 Å². The molecule has 2 aromatic carbocycles. The van der Waals surface area contributed by atoms with Crippen LogP contribution < -0.4 is 5.32 Å². The molecule has 0 aliphatic rings. The van der Waals surface area contributed by atoms with E-state index >= 15 is 0 Å². The summed E-state index contributed by atoms with van der Waals surface area (Å²) >= 11 is 19.8. The van der Waals surface area contributed by atoms with Crippen molar-refractivity contribution in [2.45, 2.75) is 51.6 Å². The summed E-state index contributed by atoms with van der Waals surface area (Å²) in [5, 5.41) is 4.59. The van der Waals surface area contributed by atoms with E-state index in [0.717, 1.165) is 11.1 Å². The van der Waals surface area contributed by atoms with Crippen molar-refractivity contribution in [3.05, 3.63) is 68.7 Å². The molecule has 168 valence electrons. The standard InChI is InChI=1S/C23H27Cl3N2O2S/c1-4-21(23(30)27-15(2)3)28(12-17-7-10-19(25)11-20(17)26)22(29)14-31-13-16-5-8-18(24)9-6-16/h5-11,15,21H,4,12-14H2,1-3H3,(H,27,30)/t21-/m0/s1. The predicted octanol–water partition coefficient (Wildman–Crippen LogP) is 6.21. The van der Waals surface area contributed by atoms with Gasteiger partial charge in [0.15, 0.2) is 0 Å². The van der Waals surface area contributed by atoms with Gasteiger partial charge in [0, 0.05) is 33.4 Å². The second kappa shape index (κ2) is 12.6. The zero-order chi connectivity index (χ0) is 23.0. The molecule has 4 nitrogen and oxygen atoms in total. The van der Waals surface area contributed by atoms with E-state index in [1.165, 1.54) is 11.8 Å². The molecule has 0 radical (unpaired) electrons. The highest BCUT2D eigenvalue weighted by atomic mass is 35.5. The normalized spacial score (nSPS) is 12.0. The Morgan fingerprint density at radius 1 is 1.03 bits per heavy atom. The van der Waals surface area contributed by atoms with Crippen molar-refractivity contribution in [2.24, 2.45) is 0 Å². The molecule has 0 spiro atoms. The molecule has 31 heavy (non-hydrogen) atoms. The van der Waals surface area contributed by atoms with Crippen molar-refractivity contribution >= 4 is 58.4 Å². The predicted molar refractivity (Wildman–Crippen MR) is 132 cm³/mol. The first-order chi connectivity index (χ1) is 14.7. The number of nitrogens with zero attached hydrogens (tertiary/aromatic N) is 1. The van der Waals surface area contributed by atoms with Crippen LogP contribution in [-0.2, 0) is 21.9 Å². The summed E-state index contributed by atoms with van der Waals surface area (Å²) in [4.78, 5) is 27.6. The second-order valence-electron chi connectivity index (χ2n) is 7.46. The average Bonchev–Trinajstić information content (AvgIpc) is 2.70. The first-order valence-electron chi connectivity index (χ1n) is 10.1. The molecule has 2 rings (SSSR count). The molecular weight excluding hydrogens is 475 g/mol. The summed E-state index contributed by atoms with van der Waals surface area (Å²) in [6.45, 7) is 5.93. The first-order valence-corrected chi connectivity index (χ1v) is 12.4. The average molecular weight is 502 g/mol. The highest BCUT2D eigenvalue weighted by Crippen LogP contribution is 2.24. The first kappa shape index (κ1) is 25.9. The maximum Gasteiger partial charge on any atom is 0.243 e. The van der Waals surface area contributed by atoms with Gasteiger partial charge < -0.3 is 10.2 Å². The molecule has 0 bridgehead atoms. The Hall–Kier alpha value is -1.40. The minimum atomic E-state index is -0.585. The number of hydrogen-bond acceptors (Lipinski definition) is 3. The van der Waals surface area contributed by atoms with E-state index in [2.05, 4.69) is 5.32 Å². The van der Waals surface area contributed by atoms with Crippen LogP contribution in [0.25, 0.3) is 0 Å². The van der Waals surface area contributed by atoms with Gasteiger partial charge in [-0.2, -0.15) is 0 Å². The van der Waals surface area contributed by atoms with Crippen LogP contribution >= 0.6 is 46.6 Å². The fourth-order valence-electron chi connectivity index (χ4n) is 3.05. The van der Waals surface area contributed by atoms with E-state index < -0.39 is 6.04 Å². The van der Waals surface area contributed by atoms with Gasteiger partial charge in [-0.15, -0.1) is 11.8 Å². The van der Waals surface area contributed by atoms with Gasteiger partial charge in [-0.05, 0) is 55.7 Å². The van der Waals surface area contributed by atoms with Crippen LogP contribution in [0.3, 0.4) is 0 Å². The van der Waals surface area contributed by atoms with E-state index in [9.17, 15) is 9.59 Å². The van der Waals surface area contributed by atoms with Gasteiger partial charge in [-0.3, -0.25) is 9.59 Å². The molecule has 0 aliphatic carbocycles. The summed E-state index contributed by atoms with van der Waals surface area (Å²) < 4.78 is 0. The van der Waals surface area contributed by atoms with Crippen LogP contribution in [0.1, 0.15) is 38.3 Å². The van der Waals surface area contributed by atoms with Gasteiger partial charge in [0.1, 0.15) is 6.04 Å². The summed E-state index contributed by atoms with van der Waals surface area (Å²) in [5.74, 6) is 0.640. The van der Waals surface area contributed by atoms with Crippen LogP contribution in [0.4, 0.5) is 0 Å². The minimum absolute atomic E-state index is 0.0168. The van der Waals surface area contributed by atoms with Crippen molar-refractivity contribution in [1.82, 2.24) is 10.2 Å². The Labute approximate surface area is 203 Å². The van der Waals surface area contributed by atoms with Crippen LogP contribution in [0.5, 0.6) is 0 Å². The van der Waals surface area contributed by atoms with Crippen molar-refractivity contribution in [2.75, 3.05) is 5.75 Å². The fraction of sp³-hybridized carbons (Fsp3) is 0.391. The van der Waals surface area contributed by atoms with E-state index in [-0.39, 0.29) is 30.2 Å². The van der Waals surface area contributed by atoms with Gasteiger partial charge in [-0.1, -0.05) is 59.9 Å². The number of nitrogens with one attached hydrogen (secondary N) is 1. The maximum atomic E-state index is 13.2. The van der Waals surface area contributed by atoms with Crippen LogP contribution in [0, 0.1) is 0 Å². The largest absolute Gasteiger partial charge is 0.352 e. The van der Waals surface area contributed by atoms with Crippen molar-refractivity contribution in [3.8, 4) is 0 Å². The maximum absolute atomic E-state index is 13.2. The van der Waals surface area contributed by atoms with E-state index in [1.807, 2.05) is 45.0 Å². The van der Waals surface area contributed by atoms with Gasteiger partial charge in [0.25, 0.3) is 0 Å². The topological polar surface area (TPSA) is 49.4 Å². The lowest BCUT2D eigenvalue weighted by atomic mass is 10.1. The van der Waals surface area contributed by atoms with E-state index in [1.54, 1.807) is 23.1 Å². The van der Waals surface area contributed by atoms with E-state index in [0.29, 0.717) is 27.2 Å². The molecule has 0 unspecified atom stereocenters. The molecule has 0 heterocycles. The number of thioether (sulfide) groups is 1. The van der Waals surface area contributed by atoms with Gasteiger partial charge in [0.05, 0.1) is 5.75 Å². The molecule has 1 N–H and O–H groups in total. The lowest BCUT2D eigenvalue weighted by Gasteiger charge is -2.31. The smallest absolute Gasteiger partial charge is 0.243 e. The van der Waals surface area contributed by atoms with Crippen LogP contribution in [0.2, 0.25) is 15.1 Å². The zero-order valence-corrected chi connectivity index (χ0v) is 20.9. The quantitative estimate of drug-likeness (QED) is 0.421. The van der Waals surface area contributed by atoms with Gasteiger partial charge >= 0.3 is 0 Å². The highest BCUT2D eigenvalue weighted by molar-refractivity contribution is 7.99. The lowest BCUT2D eigenvalue weighted by molar-refractivity contribution is -0.139.